The molecule has 0 aromatic rings. The van der Waals surface area contributed by atoms with Crippen molar-refractivity contribution in [3.8, 4) is 0 Å². The molecule has 0 saturated heterocycles. The van der Waals surface area contributed by atoms with Crippen LogP contribution in [-0.4, -0.2) is 18.2 Å². The summed E-state index contributed by atoms with van der Waals surface area (Å²) in [7, 11) is 0. The van der Waals surface area contributed by atoms with E-state index in [0.717, 1.165) is 44.8 Å². The zero-order valence-corrected chi connectivity index (χ0v) is 12.1. The fraction of sp³-hybridized carbons (Fsp3) is 0.529. The molecule has 1 rings (SSSR count). The lowest BCUT2D eigenvalue weighted by Gasteiger charge is -2.00. The van der Waals surface area contributed by atoms with Crippen LogP contribution in [0, 0.1) is 0 Å². The highest BCUT2D eigenvalue weighted by atomic mass is 16.1. The van der Waals surface area contributed by atoms with Crippen LogP contribution >= 0.6 is 0 Å². The molecule has 0 aliphatic heterocycles. The predicted octanol–water partition coefficient (Wildman–Crippen LogP) is 3.47. The van der Waals surface area contributed by atoms with Gasteiger partial charge in [0.15, 0.2) is 0 Å². The molecule has 0 unspecified atom stereocenters. The molecule has 20 heavy (non-hydrogen) atoms. The normalized spacial score (nSPS) is 15.4. The topological polar surface area (TPSA) is 46.2 Å². The summed E-state index contributed by atoms with van der Waals surface area (Å²) in [6.45, 7) is 0. The van der Waals surface area contributed by atoms with Gasteiger partial charge in [-0.15, -0.1) is 0 Å². The molecule has 0 bridgehead atoms. The van der Waals surface area contributed by atoms with E-state index in [1.54, 1.807) is 0 Å². The maximum atomic E-state index is 11.4. The first-order valence-electron chi connectivity index (χ1n) is 7.51. The molecule has 0 radical (unpaired) electrons. The average Bonchev–Trinajstić information content (AvgIpc) is 3.24. The molecule has 3 nitrogen and oxygen atoms in total. The highest BCUT2D eigenvalue weighted by molar-refractivity contribution is 5.76. The fourth-order valence-corrected chi connectivity index (χ4v) is 1.72. The molecule has 110 valence electrons. The molecule has 0 aromatic heterocycles. The minimum Gasteiger partial charge on any atom is -0.353 e. The number of allylic oxidation sites excluding steroid dienone is 6. The summed E-state index contributed by atoms with van der Waals surface area (Å²) in [5.74, 6) is 0.197. The third-order valence-corrected chi connectivity index (χ3v) is 2.99. The van der Waals surface area contributed by atoms with Crippen LogP contribution < -0.4 is 5.32 Å². The van der Waals surface area contributed by atoms with Gasteiger partial charge in [0.05, 0.1) is 0 Å². The molecule has 1 aliphatic rings. The minimum atomic E-state index is 0.197. The van der Waals surface area contributed by atoms with Crippen LogP contribution in [0.25, 0.3) is 0 Å². The number of nitrogens with one attached hydrogen (secondary N) is 1. The van der Waals surface area contributed by atoms with Crippen molar-refractivity contribution >= 4 is 12.2 Å². The minimum absolute atomic E-state index is 0.197. The molecule has 1 aliphatic carbocycles. The second-order valence-corrected chi connectivity index (χ2v) is 5.02. The summed E-state index contributed by atoms with van der Waals surface area (Å²) in [6, 6.07) is 0.476. The second-order valence-electron chi connectivity index (χ2n) is 5.02. The third-order valence-electron chi connectivity index (χ3n) is 2.99. The van der Waals surface area contributed by atoms with Gasteiger partial charge in [-0.25, -0.2) is 0 Å². The number of hydrogen-bond donors (Lipinski definition) is 1. The number of rotatable bonds is 11. The third kappa shape index (κ3) is 10.3. The molecule has 1 fully saturated rings. The summed E-state index contributed by atoms with van der Waals surface area (Å²) in [6.07, 6.45) is 20.4. The molecular formula is C17H25NO2. The van der Waals surface area contributed by atoms with Gasteiger partial charge in [-0.3, -0.25) is 4.79 Å². The molecule has 1 amide bonds. The Morgan fingerprint density at radius 2 is 1.55 bits per heavy atom. The molecule has 0 aromatic carbocycles. The summed E-state index contributed by atoms with van der Waals surface area (Å²) in [4.78, 5) is 21.5. The van der Waals surface area contributed by atoms with Crippen LogP contribution in [0.4, 0.5) is 0 Å². The summed E-state index contributed by atoms with van der Waals surface area (Å²) >= 11 is 0. The number of amides is 1. The van der Waals surface area contributed by atoms with E-state index >= 15 is 0 Å². The Balaban J connectivity index is 1.89. The van der Waals surface area contributed by atoms with Crippen LogP contribution in [-0.2, 0) is 9.59 Å². The Kier molecular flexibility index (Phi) is 9.20. The van der Waals surface area contributed by atoms with Crippen molar-refractivity contribution in [3.05, 3.63) is 36.5 Å². The van der Waals surface area contributed by atoms with E-state index in [2.05, 4.69) is 29.6 Å². The van der Waals surface area contributed by atoms with Crippen LogP contribution in [0.5, 0.6) is 0 Å². The number of hydrogen-bond acceptors (Lipinski definition) is 2. The Bertz CT molecular complexity index is 365. The number of unbranched alkanes of at least 4 members (excludes halogenated alkanes) is 1. The SMILES string of the molecule is O=CC/C=C\C/C=C\C/C=C\CCCC(=O)NC1CC1. The standard InChI is InChI=1S/C17H25NO2/c19-15-11-9-7-5-3-1-2-4-6-8-10-12-17(20)18-16-13-14-16/h1,3-4,6-7,9,15-16H,2,5,8,10-14H2,(H,18,20)/b3-1-,6-4-,9-7-. The zero-order chi connectivity index (χ0) is 14.5. The van der Waals surface area contributed by atoms with E-state index in [1.165, 1.54) is 0 Å². The van der Waals surface area contributed by atoms with Crippen molar-refractivity contribution in [1.29, 1.82) is 0 Å². The quantitative estimate of drug-likeness (QED) is 0.356. The first-order valence-corrected chi connectivity index (χ1v) is 7.51. The Morgan fingerprint density at radius 1 is 0.950 bits per heavy atom. The lowest BCUT2D eigenvalue weighted by Crippen LogP contribution is -2.24. The number of carbonyl (C=O) groups is 2. The van der Waals surface area contributed by atoms with Gasteiger partial charge in [-0.2, -0.15) is 0 Å². The van der Waals surface area contributed by atoms with Crippen LogP contribution in [0.3, 0.4) is 0 Å². The van der Waals surface area contributed by atoms with Gasteiger partial charge in [0.25, 0.3) is 0 Å². The fourth-order valence-electron chi connectivity index (χ4n) is 1.72. The monoisotopic (exact) mass is 275 g/mol. The molecule has 0 atom stereocenters. The van der Waals surface area contributed by atoms with E-state index in [4.69, 9.17) is 0 Å². The largest absolute Gasteiger partial charge is 0.353 e. The first kappa shape index (κ1) is 16.4. The van der Waals surface area contributed by atoms with Crippen molar-refractivity contribution in [2.45, 2.75) is 57.4 Å². The maximum absolute atomic E-state index is 11.4. The van der Waals surface area contributed by atoms with Crippen molar-refractivity contribution in [3.63, 3.8) is 0 Å². The van der Waals surface area contributed by atoms with Crippen molar-refractivity contribution in [2.24, 2.45) is 0 Å². The number of aldehydes is 1. The lowest BCUT2D eigenvalue weighted by atomic mass is 10.2. The molecular weight excluding hydrogens is 250 g/mol. The summed E-state index contributed by atoms with van der Waals surface area (Å²) in [5, 5.41) is 2.99. The van der Waals surface area contributed by atoms with Gasteiger partial charge in [0.1, 0.15) is 6.29 Å². The van der Waals surface area contributed by atoms with Crippen LogP contribution in [0.15, 0.2) is 36.5 Å². The van der Waals surface area contributed by atoms with Gasteiger partial charge >= 0.3 is 0 Å². The molecule has 1 N–H and O–H groups in total. The van der Waals surface area contributed by atoms with Crippen LogP contribution in [0.1, 0.15) is 51.4 Å². The molecule has 3 heteroatoms. The van der Waals surface area contributed by atoms with Crippen molar-refractivity contribution in [2.75, 3.05) is 0 Å². The molecule has 1 saturated carbocycles. The predicted molar refractivity (Wildman–Crippen MR) is 82.4 cm³/mol. The second kappa shape index (κ2) is 11.2. The van der Waals surface area contributed by atoms with E-state index in [9.17, 15) is 9.59 Å². The molecule has 0 spiro atoms. The average molecular weight is 275 g/mol. The van der Waals surface area contributed by atoms with E-state index in [1.807, 2.05) is 12.2 Å². The molecule has 0 heterocycles. The zero-order valence-electron chi connectivity index (χ0n) is 12.1. The maximum Gasteiger partial charge on any atom is 0.220 e. The van der Waals surface area contributed by atoms with Crippen molar-refractivity contribution in [1.82, 2.24) is 5.32 Å². The highest BCUT2D eigenvalue weighted by Gasteiger charge is 2.22. The van der Waals surface area contributed by atoms with E-state index in [0.29, 0.717) is 18.9 Å². The van der Waals surface area contributed by atoms with Gasteiger partial charge in [-0.1, -0.05) is 36.5 Å². The van der Waals surface area contributed by atoms with Gasteiger partial charge < -0.3 is 10.1 Å². The Hall–Kier alpha value is -1.64. The summed E-state index contributed by atoms with van der Waals surface area (Å²) in [5.41, 5.74) is 0. The van der Waals surface area contributed by atoms with E-state index < -0.39 is 0 Å². The van der Waals surface area contributed by atoms with Gasteiger partial charge in [0, 0.05) is 18.9 Å². The first-order chi connectivity index (χ1) is 9.83. The number of carbonyl (C=O) groups excluding carboxylic acids is 2. The summed E-state index contributed by atoms with van der Waals surface area (Å²) < 4.78 is 0. The lowest BCUT2D eigenvalue weighted by molar-refractivity contribution is -0.121. The van der Waals surface area contributed by atoms with Gasteiger partial charge in [0.2, 0.25) is 5.91 Å². The van der Waals surface area contributed by atoms with Gasteiger partial charge in [-0.05, 0) is 38.5 Å². The smallest absolute Gasteiger partial charge is 0.220 e. The van der Waals surface area contributed by atoms with Crippen molar-refractivity contribution < 1.29 is 9.59 Å². The highest BCUT2D eigenvalue weighted by Crippen LogP contribution is 2.18. The Morgan fingerprint density at radius 3 is 2.15 bits per heavy atom. The van der Waals surface area contributed by atoms with Crippen LogP contribution in [0.2, 0.25) is 0 Å². The van der Waals surface area contributed by atoms with E-state index in [-0.39, 0.29) is 5.91 Å². The Labute approximate surface area is 121 Å².